The smallest absolute Gasteiger partial charge is 0.410 e. The summed E-state index contributed by atoms with van der Waals surface area (Å²) in [6, 6.07) is 5.61. The van der Waals surface area contributed by atoms with Gasteiger partial charge in [0, 0.05) is 19.2 Å². The summed E-state index contributed by atoms with van der Waals surface area (Å²) in [5.74, 6) is -1.07. The summed E-state index contributed by atoms with van der Waals surface area (Å²) in [4.78, 5) is 37.0. The number of carbonyl (C=O) groups is 2. The molecule has 0 bridgehead atoms. The maximum absolute atomic E-state index is 12.4. The number of aliphatic hydroxyl groups is 1. The third-order valence-corrected chi connectivity index (χ3v) is 4.92. The van der Waals surface area contributed by atoms with Crippen molar-refractivity contribution in [3.63, 3.8) is 0 Å². The Morgan fingerprint density at radius 1 is 1.24 bits per heavy atom. The van der Waals surface area contributed by atoms with Gasteiger partial charge in [-0.2, -0.15) is 0 Å². The molecule has 1 aliphatic heterocycles. The lowest BCUT2D eigenvalue weighted by molar-refractivity contribution is -0.386. The van der Waals surface area contributed by atoms with Gasteiger partial charge in [-0.25, -0.2) is 9.59 Å². The van der Waals surface area contributed by atoms with Crippen molar-refractivity contribution in [1.29, 1.82) is 0 Å². The lowest BCUT2D eigenvalue weighted by Crippen LogP contribution is -2.44. The Morgan fingerprint density at radius 3 is 2.34 bits per heavy atom. The molecule has 1 atom stereocenters. The van der Waals surface area contributed by atoms with E-state index in [0.717, 1.165) is 7.11 Å². The Bertz CT molecular complexity index is 766. The summed E-state index contributed by atoms with van der Waals surface area (Å²) < 4.78 is 10.1. The van der Waals surface area contributed by atoms with Crippen molar-refractivity contribution in [2.45, 2.75) is 51.2 Å². The number of nitro groups is 1. The third kappa shape index (κ3) is 5.44. The number of para-hydroxylation sites is 1. The zero-order chi connectivity index (χ0) is 21.8. The Morgan fingerprint density at radius 2 is 1.83 bits per heavy atom. The number of hydrogen-bond donors (Lipinski definition) is 1. The number of benzene rings is 1. The van der Waals surface area contributed by atoms with Gasteiger partial charge in [-0.3, -0.25) is 10.1 Å². The highest BCUT2D eigenvalue weighted by atomic mass is 16.6. The number of methoxy groups -OCH3 is 1. The van der Waals surface area contributed by atoms with Gasteiger partial charge in [0.15, 0.2) is 5.60 Å². The standard InChI is InChI=1S/C20H28N2O7/c1-19(2,3)29-18(24)21-11-9-14(10-12-21)13-20(25,17(23)28-4)15-7-5-6-8-16(15)22(26)27/h5-8,14,25H,9-13H2,1-4H3/t20-/m1/s1. The molecule has 160 valence electrons. The molecule has 0 unspecified atom stereocenters. The average molecular weight is 408 g/mol. The van der Waals surface area contributed by atoms with Crippen LogP contribution in [-0.4, -0.2) is 52.8 Å². The summed E-state index contributed by atoms with van der Waals surface area (Å²) >= 11 is 0. The number of likely N-dealkylation sites (tertiary alicyclic amines) is 1. The largest absolute Gasteiger partial charge is 0.467 e. The average Bonchev–Trinajstić information content (AvgIpc) is 2.66. The van der Waals surface area contributed by atoms with Crippen LogP contribution in [0.4, 0.5) is 10.5 Å². The molecule has 29 heavy (non-hydrogen) atoms. The number of hydrogen-bond acceptors (Lipinski definition) is 7. The van der Waals surface area contributed by atoms with Crippen LogP contribution < -0.4 is 0 Å². The lowest BCUT2D eigenvalue weighted by Gasteiger charge is -2.36. The van der Waals surface area contributed by atoms with E-state index in [4.69, 9.17) is 9.47 Å². The van der Waals surface area contributed by atoms with E-state index in [9.17, 15) is 24.8 Å². The number of piperidine rings is 1. The highest BCUT2D eigenvalue weighted by molar-refractivity contribution is 5.82. The molecule has 1 amide bonds. The van der Waals surface area contributed by atoms with Gasteiger partial charge in [0.1, 0.15) is 5.60 Å². The van der Waals surface area contributed by atoms with E-state index in [2.05, 4.69) is 0 Å². The molecule has 0 spiro atoms. The molecular formula is C20H28N2O7. The first-order valence-corrected chi connectivity index (χ1v) is 9.50. The minimum atomic E-state index is -2.14. The number of nitro benzene ring substituents is 1. The van der Waals surface area contributed by atoms with E-state index in [1.54, 1.807) is 25.7 Å². The Hall–Kier alpha value is -2.68. The van der Waals surface area contributed by atoms with Crippen molar-refractivity contribution in [1.82, 2.24) is 4.90 Å². The Labute approximate surface area is 169 Å². The van der Waals surface area contributed by atoms with Crippen LogP contribution in [0.25, 0.3) is 0 Å². The molecule has 0 aliphatic carbocycles. The van der Waals surface area contributed by atoms with Crippen molar-refractivity contribution in [2.75, 3.05) is 20.2 Å². The molecule has 1 aromatic rings. The summed E-state index contributed by atoms with van der Waals surface area (Å²) in [5, 5.41) is 22.6. The number of carbonyl (C=O) groups excluding carboxylic acids is 2. The molecule has 1 saturated heterocycles. The van der Waals surface area contributed by atoms with Crippen LogP contribution in [0.2, 0.25) is 0 Å². The van der Waals surface area contributed by atoms with Gasteiger partial charge in [-0.15, -0.1) is 0 Å². The van der Waals surface area contributed by atoms with Crippen molar-refractivity contribution >= 4 is 17.7 Å². The van der Waals surface area contributed by atoms with Gasteiger partial charge in [0.2, 0.25) is 0 Å². The fourth-order valence-corrected chi connectivity index (χ4v) is 3.52. The third-order valence-electron chi connectivity index (χ3n) is 4.92. The predicted octanol–water partition coefficient (Wildman–Crippen LogP) is 2.99. The minimum absolute atomic E-state index is 0.0350. The van der Waals surface area contributed by atoms with Gasteiger partial charge in [0.05, 0.1) is 17.6 Å². The lowest BCUT2D eigenvalue weighted by atomic mass is 9.80. The molecular weight excluding hydrogens is 380 g/mol. The fraction of sp³-hybridized carbons (Fsp3) is 0.600. The molecule has 9 nitrogen and oxygen atoms in total. The highest BCUT2D eigenvalue weighted by Crippen LogP contribution is 2.38. The first kappa shape index (κ1) is 22.6. The molecule has 1 fully saturated rings. The van der Waals surface area contributed by atoms with E-state index < -0.39 is 28.2 Å². The summed E-state index contributed by atoms with van der Waals surface area (Å²) in [7, 11) is 1.13. The van der Waals surface area contributed by atoms with E-state index >= 15 is 0 Å². The monoisotopic (exact) mass is 408 g/mol. The van der Waals surface area contributed by atoms with Crippen LogP contribution in [0.1, 0.15) is 45.6 Å². The van der Waals surface area contributed by atoms with Gasteiger partial charge in [0.25, 0.3) is 5.69 Å². The molecule has 2 rings (SSSR count). The second-order valence-corrected chi connectivity index (χ2v) is 8.24. The number of amides is 1. The van der Waals surface area contributed by atoms with E-state index in [1.165, 1.54) is 24.3 Å². The molecule has 1 heterocycles. The first-order valence-electron chi connectivity index (χ1n) is 9.50. The Balaban J connectivity index is 2.16. The second-order valence-electron chi connectivity index (χ2n) is 8.24. The summed E-state index contributed by atoms with van der Waals surface area (Å²) in [6.07, 6.45) is 0.614. The zero-order valence-electron chi connectivity index (χ0n) is 17.2. The van der Waals surface area contributed by atoms with Crippen molar-refractivity contribution in [2.24, 2.45) is 5.92 Å². The highest BCUT2D eigenvalue weighted by Gasteiger charge is 2.46. The SMILES string of the molecule is COC(=O)[C@@](O)(CC1CCN(C(=O)OC(C)(C)C)CC1)c1ccccc1[N+](=O)[O-]. The van der Waals surface area contributed by atoms with Gasteiger partial charge in [-0.05, 0) is 52.0 Å². The molecule has 0 saturated carbocycles. The quantitative estimate of drug-likeness (QED) is 0.452. The number of rotatable bonds is 5. The summed E-state index contributed by atoms with van der Waals surface area (Å²) in [5.41, 5.74) is -3.17. The second kappa shape index (κ2) is 8.77. The molecule has 1 aliphatic rings. The predicted molar refractivity (Wildman–Crippen MR) is 104 cm³/mol. The van der Waals surface area contributed by atoms with Crippen molar-refractivity contribution in [3.8, 4) is 0 Å². The fourth-order valence-electron chi connectivity index (χ4n) is 3.52. The van der Waals surface area contributed by atoms with Crippen LogP contribution >= 0.6 is 0 Å². The summed E-state index contributed by atoms with van der Waals surface area (Å²) in [6.45, 7) is 6.20. The topological polar surface area (TPSA) is 119 Å². The molecule has 1 N–H and O–H groups in total. The number of nitrogens with zero attached hydrogens (tertiary/aromatic N) is 2. The minimum Gasteiger partial charge on any atom is -0.467 e. The normalized spacial score (nSPS) is 17.3. The van der Waals surface area contributed by atoms with Crippen LogP contribution in [0, 0.1) is 16.0 Å². The Kier molecular flexibility index (Phi) is 6.84. The van der Waals surface area contributed by atoms with Crippen LogP contribution in [0.5, 0.6) is 0 Å². The van der Waals surface area contributed by atoms with Gasteiger partial charge >= 0.3 is 12.1 Å². The number of esters is 1. The van der Waals surface area contributed by atoms with Crippen molar-refractivity contribution < 1.29 is 29.1 Å². The molecule has 1 aromatic carbocycles. The molecule has 0 radical (unpaired) electrons. The van der Waals surface area contributed by atoms with Gasteiger partial charge < -0.3 is 19.5 Å². The van der Waals surface area contributed by atoms with Crippen LogP contribution in [0.3, 0.4) is 0 Å². The first-order chi connectivity index (χ1) is 13.5. The number of ether oxygens (including phenoxy) is 2. The zero-order valence-corrected chi connectivity index (χ0v) is 17.2. The van der Waals surface area contributed by atoms with E-state index in [0.29, 0.717) is 25.9 Å². The maximum atomic E-state index is 12.4. The maximum Gasteiger partial charge on any atom is 0.410 e. The van der Waals surface area contributed by atoms with Crippen LogP contribution in [0.15, 0.2) is 24.3 Å². The molecule has 0 aromatic heterocycles. The van der Waals surface area contributed by atoms with Crippen molar-refractivity contribution in [3.05, 3.63) is 39.9 Å². The van der Waals surface area contributed by atoms with E-state index in [-0.39, 0.29) is 23.6 Å². The van der Waals surface area contributed by atoms with Gasteiger partial charge in [-0.1, -0.05) is 12.1 Å². The van der Waals surface area contributed by atoms with Crippen LogP contribution in [-0.2, 0) is 19.9 Å². The van der Waals surface area contributed by atoms with E-state index in [1.807, 2.05) is 0 Å². The molecule has 9 heteroatoms.